The number of furan rings is 1. The van der Waals surface area contributed by atoms with E-state index in [-0.39, 0.29) is 0 Å². The van der Waals surface area contributed by atoms with Crippen molar-refractivity contribution in [2.45, 2.75) is 96.5 Å². The summed E-state index contributed by atoms with van der Waals surface area (Å²) in [4.78, 5) is 11.6. The molecule has 0 aliphatic heterocycles. The van der Waals surface area contributed by atoms with E-state index in [0.29, 0.717) is 12.2 Å². The molecule has 4 heteroatoms. The second-order valence-corrected chi connectivity index (χ2v) is 8.08. The summed E-state index contributed by atoms with van der Waals surface area (Å²) in [6, 6.07) is 5.77. The van der Waals surface area contributed by atoms with Gasteiger partial charge >= 0.3 is 5.97 Å². The Labute approximate surface area is 168 Å². The number of hydrogen-bond acceptors (Lipinski definition) is 3. The smallest absolute Gasteiger partial charge is 0.344 e. The topological polar surface area (TPSA) is 59.7 Å². The number of carboxylic acids is 1. The molecule has 1 heterocycles. The summed E-state index contributed by atoms with van der Waals surface area (Å²) in [6.07, 6.45) is 13.8. The van der Waals surface area contributed by atoms with Crippen LogP contribution in [0, 0.1) is 0 Å². The number of carboxylic acid groups (broad SMARTS) is 1. The molecule has 4 nitrogen and oxygen atoms in total. The minimum absolute atomic E-state index is 0.553. The van der Waals surface area contributed by atoms with Crippen LogP contribution >= 0.6 is 0 Å². The first-order valence-electron chi connectivity index (χ1n) is 11.1. The largest absolute Gasteiger partial charge is 0.479 e. The molecule has 0 saturated carbocycles. The molecule has 1 aromatic carbocycles. The third-order valence-electron chi connectivity index (χ3n) is 5.80. The summed E-state index contributed by atoms with van der Waals surface area (Å²) < 4.78 is 11.8. The van der Waals surface area contributed by atoms with Crippen LogP contribution in [0.25, 0.3) is 11.0 Å². The van der Waals surface area contributed by atoms with E-state index in [4.69, 9.17) is 9.15 Å². The number of fused-ring (bicyclic) bond motifs is 3. The van der Waals surface area contributed by atoms with Gasteiger partial charge in [-0.15, -0.1) is 0 Å². The van der Waals surface area contributed by atoms with Crippen molar-refractivity contribution in [2.24, 2.45) is 0 Å². The molecule has 1 aliphatic rings. The standard InChI is InChI=1S/C24H34O4/c1-2-3-4-5-6-7-8-9-14-22(24(25)26)27-18-15-16-20-19-12-10-11-13-21(19)28-23(20)17-18/h15-17,22H,2-14H2,1H3,(H,25,26). The lowest BCUT2D eigenvalue weighted by Gasteiger charge is -2.15. The number of aryl methyl sites for hydroxylation is 2. The Morgan fingerprint density at radius 3 is 2.54 bits per heavy atom. The van der Waals surface area contributed by atoms with Gasteiger partial charge in [0.15, 0.2) is 6.10 Å². The van der Waals surface area contributed by atoms with Crippen LogP contribution in [-0.2, 0) is 17.6 Å². The van der Waals surface area contributed by atoms with Gasteiger partial charge in [-0.05, 0) is 44.2 Å². The van der Waals surface area contributed by atoms with Crippen molar-refractivity contribution in [3.63, 3.8) is 0 Å². The molecule has 0 fully saturated rings. The highest BCUT2D eigenvalue weighted by atomic mass is 16.5. The lowest BCUT2D eigenvalue weighted by atomic mass is 9.96. The van der Waals surface area contributed by atoms with Crippen molar-refractivity contribution in [1.29, 1.82) is 0 Å². The molecule has 0 radical (unpaired) electrons. The summed E-state index contributed by atoms with van der Waals surface area (Å²) in [6.45, 7) is 2.23. The number of rotatable bonds is 12. The number of ether oxygens (including phenoxy) is 1. The first kappa shape index (κ1) is 20.8. The summed E-state index contributed by atoms with van der Waals surface area (Å²) in [5.41, 5.74) is 2.14. The maximum absolute atomic E-state index is 11.6. The maximum Gasteiger partial charge on any atom is 0.344 e. The lowest BCUT2D eigenvalue weighted by Crippen LogP contribution is -2.26. The molecule has 3 rings (SSSR count). The average molecular weight is 387 g/mol. The van der Waals surface area contributed by atoms with Gasteiger partial charge in [-0.25, -0.2) is 4.79 Å². The summed E-state index contributed by atoms with van der Waals surface area (Å²) >= 11 is 0. The van der Waals surface area contributed by atoms with E-state index in [0.717, 1.165) is 42.4 Å². The fraction of sp³-hybridized carbons (Fsp3) is 0.625. The molecule has 1 N–H and O–H groups in total. The highest BCUT2D eigenvalue weighted by Gasteiger charge is 2.21. The number of unbranched alkanes of at least 4 members (excludes halogenated alkanes) is 7. The van der Waals surface area contributed by atoms with Crippen molar-refractivity contribution < 1.29 is 19.1 Å². The minimum Gasteiger partial charge on any atom is -0.479 e. The van der Waals surface area contributed by atoms with Crippen molar-refractivity contribution in [1.82, 2.24) is 0 Å². The van der Waals surface area contributed by atoms with Crippen LogP contribution in [0.5, 0.6) is 5.75 Å². The van der Waals surface area contributed by atoms with E-state index < -0.39 is 12.1 Å². The third-order valence-corrected chi connectivity index (χ3v) is 5.80. The molecular weight excluding hydrogens is 352 g/mol. The zero-order chi connectivity index (χ0) is 19.8. The first-order valence-corrected chi connectivity index (χ1v) is 11.1. The Kier molecular flexibility index (Phi) is 7.81. The molecule has 1 aliphatic carbocycles. The van der Waals surface area contributed by atoms with Gasteiger partial charge < -0.3 is 14.3 Å². The molecule has 0 saturated heterocycles. The quantitative estimate of drug-likeness (QED) is 0.414. The van der Waals surface area contributed by atoms with Crippen molar-refractivity contribution >= 4 is 16.9 Å². The van der Waals surface area contributed by atoms with E-state index in [1.807, 2.05) is 18.2 Å². The van der Waals surface area contributed by atoms with E-state index in [9.17, 15) is 9.90 Å². The zero-order valence-electron chi connectivity index (χ0n) is 17.2. The molecule has 1 aromatic heterocycles. The molecule has 0 bridgehead atoms. The molecule has 28 heavy (non-hydrogen) atoms. The van der Waals surface area contributed by atoms with Gasteiger partial charge in [-0.2, -0.15) is 0 Å². The second kappa shape index (κ2) is 10.5. The predicted molar refractivity (Wildman–Crippen MR) is 112 cm³/mol. The van der Waals surface area contributed by atoms with Gasteiger partial charge in [0.05, 0.1) is 0 Å². The fourth-order valence-corrected chi connectivity index (χ4v) is 4.18. The van der Waals surface area contributed by atoms with Gasteiger partial charge in [-0.3, -0.25) is 0 Å². The van der Waals surface area contributed by atoms with E-state index in [1.54, 1.807) is 0 Å². The van der Waals surface area contributed by atoms with Crippen LogP contribution in [0.1, 0.15) is 88.9 Å². The average Bonchev–Trinajstić information content (AvgIpc) is 3.06. The predicted octanol–water partition coefficient (Wildman–Crippen LogP) is 6.67. The Morgan fingerprint density at radius 1 is 1.07 bits per heavy atom. The van der Waals surface area contributed by atoms with Gasteiger partial charge in [0.2, 0.25) is 0 Å². The second-order valence-electron chi connectivity index (χ2n) is 8.08. The Morgan fingerprint density at radius 2 is 1.79 bits per heavy atom. The molecule has 154 valence electrons. The number of benzene rings is 1. The van der Waals surface area contributed by atoms with Gasteiger partial charge in [0.1, 0.15) is 17.1 Å². The molecule has 0 spiro atoms. The number of aliphatic carboxylic acids is 1. The van der Waals surface area contributed by atoms with Crippen LogP contribution in [-0.4, -0.2) is 17.2 Å². The molecule has 1 unspecified atom stereocenters. The highest BCUT2D eigenvalue weighted by molar-refractivity contribution is 5.84. The van der Waals surface area contributed by atoms with Crippen LogP contribution in [0.4, 0.5) is 0 Å². The minimum atomic E-state index is -0.887. The van der Waals surface area contributed by atoms with Gasteiger partial charge in [0, 0.05) is 23.4 Å². The summed E-state index contributed by atoms with van der Waals surface area (Å²) in [5.74, 6) is 0.791. The number of carbonyl (C=O) groups is 1. The zero-order valence-corrected chi connectivity index (χ0v) is 17.2. The Bertz CT molecular complexity index is 761. The Hall–Kier alpha value is -1.97. The maximum atomic E-state index is 11.6. The fourth-order valence-electron chi connectivity index (χ4n) is 4.18. The van der Waals surface area contributed by atoms with Crippen LogP contribution in [0.2, 0.25) is 0 Å². The Balaban J connectivity index is 1.50. The van der Waals surface area contributed by atoms with Crippen LogP contribution in [0.3, 0.4) is 0 Å². The normalized spacial score (nSPS) is 14.8. The SMILES string of the molecule is CCCCCCCCCCC(Oc1ccc2c3c(oc2c1)CCCC3)C(=O)O. The van der Waals surface area contributed by atoms with Gasteiger partial charge in [0.25, 0.3) is 0 Å². The highest BCUT2D eigenvalue weighted by Crippen LogP contribution is 2.34. The lowest BCUT2D eigenvalue weighted by molar-refractivity contribution is -0.145. The molecule has 0 amide bonds. The van der Waals surface area contributed by atoms with Crippen molar-refractivity contribution in [2.75, 3.05) is 0 Å². The molecular formula is C24H34O4. The van der Waals surface area contributed by atoms with Crippen molar-refractivity contribution in [3.05, 3.63) is 29.5 Å². The molecule has 1 atom stereocenters. The van der Waals surface area contributed by atoms with Crippen molar-refractivity contribution in [3.8, 4) is 5.75 Å². The van der Waals surface area contributed by atoms with E-state index >= 15 is 0 Å². The summed E-state index contributed by atoms with van der Waals surface area (Å²) in [7, 11) is 0. The van der Waals surface area contributed by atoms with E-state index in [2.05, 4.69) is 6.92 Å². The summed E-state index contributed by atoms with van der Waals surface area (Å²) in [5, 5.41) is 10.7. The third kappa shape index (κ3) is 5.52. The number of hydrogen-bond donors (Lipinski definition) is 1. The van der Waals surface area contributed by atoms with E-state index in [1.165, 1.54) is 56.9 Å². The first-order chi connectivity index (χ1) is 13.7. The monoisotopic (exact) mass is 386 g/mol. The molecule has 2 aromatic rings. The van der Waals surface area contributed by atoms with Crippen LogP contribution in [0.15, 0.2) is 22.6 Å². The van der Waals surface area contributed by atoms with Crippen LogP contribution < -0.4 is 4.74 Å². The van der Waals surface area contributed by atoms with Gasteiger partial charge in [-0.1, -0.05) is 51.9 Å².